The number of aromatic nitrogens is 2. The van der Waals surface area contributed by atoms with Crippen molar-refractivity contribution in [1.29, 1.82) is 0 Å². The molecule has 1 atom stereocenters. The topological polar surface area (TPSA) is 54.9 Å². The van der Waals surface area contributed by atoms with Gasteiger partial charge in [-0.1, -0.05) is 0 Å². The van der Waals surface area contributed by atoms with Gasteiger partial charge in [-0.3, -0.25) is 0 Å². The van der Waals surface area contributed by atoms with Gasteiger partial charge in [0.2, 0.25) is 0 Å². The lowest BCUT2D eigenvalue weighted by atomic mass is 10.3. The summed E-state index contributed by atoms with van der Waals surface area (Å²) < 4.78 is 24.6. The minimum Gasteiger partial charge on any atom is -0.337 e. The first-order chi connectivity index (χ1) is 6.31. The number of nitrogens with one attached hydrogen (secondary N) is 1. The zero-order valence-electron chi connectivity index (χ0n) is 8.44. The van der Waals surface area contributed by atoms with Crippen molar-refractivity contribution >= 4 is 22.1 Å². The molecule has 0 fully saturated rings. The van der Waals surface area contributed by atoms with E-state index in [2.05, 4.69) is 4.98 Å². The average Bonchev–Trinajstić information content (AvgIpc) is 2.27. The number of nitrogens with zero attached hydrogens (tertiary/aromatic N) is 1. The van der Waals surface area contributed by atoms with Crippen molar-refractivity contribution in [2.24, 2.45) is 0 Å². The summed E-state index contributed by atoms with van der Waals surface area (Å²) in [5, 5.41) is 0. The van der Waals surface area contributed by atoms with E-state index in [0.717, 1.165) is 5.69 Å². The van der Waals surface area contributed by atoms with E-state index < -0.39 is 9.84 Å². The predicted octanol–water partition coefficient (Wildman–Crippen LogP) is 1.46. The van der Waals surface area contributed by atoms with Crippen LogP contribution in [0, 0.1) is 11.7 Å². The highest BCUT2D eigenvalue weighted by Crippen LogP contribution is 2.12. The third-order valence-corrected chi connectivity index (χ3v) is 3.39. The molecule has 1 rings (SSSR count). The van der Waals surface area contributed by atoms with E-state index in [1.165, 1.54) is 6.26 Å². The van der Waals surface area contributed by atoms with Gasteiger partial charge in [-0.15, -0.1) is 0 Å². The highest BCUT2D eigenvalue weighted by Gasteiger charge is 2.14. The van der Waals surface area contributed by atoms with Crippen LogP contribution in [-0.2, 0) is 9.84 Å². The molecule has 0 radical (unpaired) electrons. The average molecular weight is 234 g/mol. The molecule has 0 bridgehead atoms. The van der Waals surface area contributed by atoms with Crippen LogP contribution in [0.25, 0.3) is 0 Å². The van der Waals surface area contributed by atoms with E-state index in [1.54, 1.807) is 6.20 Å². The molecule has 0 aliphatic rings. The summed E-state index contributed by atoms with van der Waals surface area (Å²) in [4.78, 5) is 2.89. The number of aromatic amines is 1. The quantitative estimate of drug-likeness (QED) is 0.806. The highest BCUT2D eigenvalue weighted by molar-refractivity contribution is 7.90. The second-order valence-corrected chi connectivity index (χ2v) is 6.12. The minimum absolute atomic E-state index is 0.111. The fourth-order valence-electron chi connectivity index (χ4n) is 1.53. The molecule has 80 valence electrons. The van der Waals surface area contributed by atoms with E-state index in [4.69, 9.17) is 12.2 Å². The van der Waals surface area contributed by atoms with Gasteiger partial charge in [0.25, 0.3) is 0 Å². The normalized spacial score (nSPS) is 14.2. The maximum atomic E-state index is 11.1. The number of sulfone groups is 1. The number of aryl methyl sites for hydroxylation is 1. The lowest BCUT2D eigenvalue weighted by Gasteiger charge is -2.13. The predicted molar refractivity (Wildman–Crippen MR) is 58.8 cm³/mol. The van der Waals surface area contributed by atoms with Crippen molar-refractivity contribution in [3.63, 3.8) is 0 Å². The van der Waals surface area contributed by atoms with Crippen LogP contribution in [0.5, 0.6) is 0 Å². The summed E-state index contributed by atoms with van der Waals surface area (Å²) in [6, 6.07) is -0.122. The lowest BCUT2D eigenvalue weighted by molar-refractivity contribution is 0.551. The van der Waals surface area contributed by atoms with Crippen molar-refractivity contribution in [3.8, 4) is 0 Å². The van der Waals surface area contributed by atoms with Crippen molar-refractivity contribution in [1.82, 2.24) is 9.55 Å². The summed E-state index contributed by atoms with van der Waals surface area (Å²) >= 11 is 5.05. The van der Waals surface area contributed by atoms with Crippen LogP contribution in [0.2, 0.25) is 0 Å². The summed E-state index contributed by atoms with van der Waals surface area (Å²) in [7, 11) is -2.96. The van der Waals surface area contributed by atoms with Crippen molar-refractivity contribution in [3.05, 3.63) is 16.7 Å². The zero-order chi connectivity index (χ0) is 10.9. The Morgan fingerprint density at radius 1 is 1.64 bits per heavy atom. The highest BCUT2D eigenvalue weighted by atomic mass is 32.2. The Kier molecular flexibility index (Phi) is 3.16. The largest absolute Gasteiger partial charge is 0.337 e. The number of imidazole rings is 1. The van der Waals surface area contributed by atoms with Crippen molar-refractivity contribution in [2.45, 2.75) is 19.9 Å². The van der Waals surface area contributed by atoms with Crippen molar-refractivity contribution < 1.29 is 8.42 Å². The lowest BCUT2D eigenvalue weighted by Crippen LogP contribution is -2.17. The standard InChI is InChI=1S/C8H14N2O2S2/c1-6-4-9-8(13)10(6)7(2)5-14(3,11)12/h4,7H,5H2,1-3H3,(H,9,13). The van der Waals surface area contributed by atoms with Gasteiger partial charge in [0.15, 0.2) is 4.77 Å². The molecular weight excluding hydrogens is 220 g/mol. The van der Waals surface area contributed by atoms with Gasteiger partial charge in [0.1, 0.15) is 9.84 Å². The summed E-state index contributed by atoms with van der Waals surface area (Å²) in [6.07, 6.45) is 3.01. The smallest absolute Gasteiger partial charge is 0.177 e. The van der Waals surface area contributed by atoms with Crippen LogP contribution >= 0.6 is 12.2 Å². The van der Waals surface area contributed by atoms with Gasteiger partial charge in [-0.2, -0.15) is 0 Å². The first kappa shape index (κ1) is 11.5. The molecule has 0 saturated heterocycles. The minimum atomic E-state index is -2.96. The molecule has 4 nitrogen and oxygen atoms in total. The molecule has 1 aromatic heterocycles. The number of hydrogen-bond donors (Lipinski definition) is 1. The van der Waals surface area contributed by atoms with Gasteiger partial charge in [-0.05, 0) is 26.1 Å². The molecule has 1 heterocycles. The molecule has 1 unspecified atom stereocenters. The SMILES string of the molecule is Cc1c[nH]c(=S)n1C(C)CS(C)(=O)=O. The molecule has 1 aromatic rings. The van der Waals surface area contributed by atoms with E-state index in [-0.39, 0.29) is 11.8 Å². The van der Waals surface area contributed by atoms with Crippen LogP contribution in [0.3, 0.4) is 0 Å². The third kappa shape index (κ3) is 2.68. The summed E-state index contributed by atoms with van der Waals surface area (Å²) in [6.45, 7) is 3.74. The van der Waals surface area contributed by atoms with Gasteiger partial charge in [0, 0.05) is 24.2 Å². The molecule has 0 spiro atoms. The Balaban J connectivity index is 3.01. The third-order valence-electron chi connectivity index (χ3n) is 1.99. The summed E-state index contributed by atoms with van der Waals surface area (Å²) in [5.41, 5.74) is 0.950. The second-order valence-electron chi connectivity index (χ2n) is 3.55. The first-order valence-electron chi connectivity index (χ1n) is 4.25. The van der Waals surface area contributed by atoms with Gasteiger partial charge >= 0.3 is 0 Å². The van der Waals surface area contributed by atoms with E-state index in [0.29, 0.717) is 4.77 Å². The van der Waals surface area contributed by atoms with Crippen molar-refractivity contribution in [2.75, 3.05) is 12.0 Å². The molecule has 1 N–H and O–H groups in total. The fraction of sp³-hybridized carbons (Fsp3) is 0.625. The van der Waals surface area contributed by atoms with Crippen LogP contribution in [-0.4, -0.2) is 30.0 Å². The fourth-order valence-corrected chi connectivity index (χ4v) is 2.93. The number of hydrogen-bond acceptors (Lipinski definition) is 3. The van der Waals surface area contributed by atoms with E-state index in [1.807, 2.05) is 18.4 Å². The Morgan fingerprint density at radius 3 is 2.57 bits per heavy atom. The van der Waals surface area contributed by atoms with Gasteiger partial charge in [0.05, 0.1) is 5.75 Å². The van der Waals surface area contributed by atoms with Gasteiger partial charge < -0.3 is 9.55 Å². The maximum Gasteiger partial charge on any atom is 0.177 e. The maximum absolute atomic E-state index is 11.1. The molecule has 0 aliphatic carbocycles. The Hall–Kier alpha value is -0.620. The molecule has 0 aromatic carbocycles. The Morgan fingerprint density at radius 2 is 2.21 bits per heavy atom. The van der Waals surface area contributed by atoms with Crippen LogP contribution < -0.4 is 0 Å². The Labute approximate surface area is 88.9 Å². The van der Waals surface area contributed by atoms with Crippen LogP contribution in [0.15, 0.2) is 6.20 Å². The molecule has 6 heteroatoms. The van der Waals surface area contributed by atoms with Crippen LogP contribution in [0.1, 0.15) is 18.7 Å². The Bertz CT molecular complexity index is 470. The van der Waals surface area contributed by atoms with Gasteiger partial charge in [-0.25, -0.2) is 8.42 Å². The number of rotatable bonds is 3. The molecule has 0 aliphatic heterocycles. The number of H-pyrrole nitrogens is 1. The molecular formula is C8H14N2O2S2. The molecule has 0 saturated carbocycles. The van der Waals surface area contributed by atoms with E-state index in [9.17, 15) is 8.42 Å². The summed E-state index contributed by atoms with van der Waals surface area (Å²) in [5.74, 6) is 0.111. The first-order valence-corrected chi connectivity index (χ1v) is 6.72. The molecule has 14 heavy (non-hydrogen) atoms. The second kappa shape index (κ2) is 3.86. The zero-order valence-corrected chi connectivity index (χ0v) is 10.1. The molecule has 0 amide bonds. The monoisotopic (exact) mass is 234 g/mol. The van der Waals surface area contributed by atoms with Crippen LogP contribution in [0.4, 0.5) is 0 Å². The van der Waals surface area contributed by atoms with E-state index >= 15 is 0 Å².